The molecule has 2 heterocycles. The van der Waals surface area contributed by atoms with Gasteiger partial charge in [0.15, 0.2) is 5.69 Å². The Kier molecular flexibility index (Phi) is 7.84. The summed E-state index contributed by atoms with van der Waals surface area (Å²) in [6, 6.07) is 7.55. The van der Waals surface area contributed by atoms with Crippen LogP contribution in [0.15, 0.2) is 38.5 Å². The van der Waals surface area contributed by atoms with Crippen LogP contribution >= 0.6 is 15.9 Å². The van der Waals surface area contributed by atoms with Crippen molar-refractivity contribution in [3.8, 4) is 5.82 Å². The predicted molar refractivity (Wildman–Crippen MR) is 118 cm³/mol. The van der Waals surface area contributed by atoms with Gasteiger partial charge in [-0.25, -0.2) is 10.1 Å². The largest absolute Gasteiger partial charge is 0.378 e. The molecule has 3 aromatic rings. The number of halogens is 1. The molecule has 31 heavy (non-hydrogen) atoms. The summed E-state index contributed by atoms with van der Waals surface area (Å²) in [6.07, 6.45) is 3.56. The molecule has 2 aromatic heterocycles. The topological polar surface area (TPSA) is 142 Å². The van der Waals surface area contributed by atoms with E-state index in [-0.39, 0.29) is 17.3 Å². The Labute approximate surface area is 187 Å². The number of anilines is 1. The van der Waals surface area contributed by atoms with Crippen molar-refractivity contribution in [1.29, 1.82) is 0 Å². The first kappa shape index (κ1) is 22.6. The molecular weight excluding hydrogens is 466 g/mol. The number of nitrogen functional groups attached to an aromatic ring is 1. The van der Waals surface area contributed by atoms with Gasteiger partial charge in [0, 0.05) is 4.47 Å². The van der Waals surface area contributed by atoms with Crippen molar-refractivity contribution in [2.45, 2.75) is 33.2 Å². The van der Waals surface area contributed by atoms with Gasteiger partial charge in [-0.3, -0.25) is 4.79 Å². The quantitative estimate of drug-likeness (QED) is 0.283. The Morgan fingerprint density at radius 1 is 1.32 bits per heavy atom. The summed E-state index contributed by atoms with van der Waals surface area (Å²) >= 11 is 3.40. The third kappa shape index (κ3) is 5.73. The first-order valence-electron chi connectivity index (χ1n) is 9.99. The number of nitrogens with two attached hydrogens (primary N) is 1. The minimum Gasteiger partial charge on any atom is -0.378 e. The molecule has 0 unspecified atom stereocenters. The van der Waals surface area contributed by atoms with E-state index in [0.717, 1.165) is 36.0 Å². The molecule has 4 N–H and O–H groups in total. The van der Waals surface area contributed by atoms with Gasteiger partial charge in [0.1, 0.15) is 12.2 Å². The van der Waals surface area contributed by atoms with Crippen molar-refractivity contribution in [1.82, 2.24) is 30.7 Å². The SMILES string of the molecule is CCC[NH+](CCC)Cc1c(C(=O)NN=Cc2cccc(Br)c2)nnn1-c1nonc1N. The summed E-state index contributed by atoms with van der Waals surface area (Å²) < 4.78 is 7.02. The first-order chi connectivity index (χ1) is 15.0. The summed E-state index contributed by atoms with van der Waals surface area (Å²) in [6.45, 7) is 6.63. The monoisotopic (exact) mass is 490 g/mol. The highest BCUT2D eigenvalue weighted by Crippen LogP contribution is 2.15. The molecule has 0 bridgehead atoms. The fourth-order valence-electron chi connectivity index (χ4n) is 3.20. The lowest BCUT2D eigenvalue weighted by Crippen LogP contribution is -3.10. The average Bonchev–Trinajstić information content (AvgIpc) is 3.34. The first-order valence-corrected chi connectivity index (χ1v) is 10.8. The average molecular weight is 491 g/mol. The van der Waals surface area contributed by atoms with E-state index in [4.69, 9.17) is 10.4 Å². The number of rotatable bonds is 10. The predicted octanol–water partition coefficient (Wildman–Crippen LogP) is 0.964. The number of nitrogens with zero attached hydrogens (tertiary/aromatic N) is 6. The molecule has 0 aliphatic heterocycles. The van der Waals surface area contributed by atoms with E-state index in [9.17, 15) is 4.79 Å². The smallest absolute Gasteiger partial charge is 0.294 e. The van der Waals surface area contributed by atoms with E-state index in [1.807, 2.05) is 24.3 Å². The molecule has 0 aliphatic carbocycles. The molecule has 1 amide bonds. The summed E-state index contributed by atoms with van der Waals surface area (Å²) in [5, 5.41) is 19.6. The highest BCUT2D eigenvalue weighted by molar-refractivity contribution is 9.10. The summed E-state index contributed by atoms with van der Waals surface area (Å²) in [5.41, 5.74) is 9.91. The van der Waals surface area contributed by atoms with Crippen molar-refractivity contribution in [3.63, 3.8) is 0 Å². The Morgan fingerprint density at radius 3 is 2.74 bits per heavy atom. The third-order valence-corrected chi connectivity index (χ3v) is 5.02. The Morgan fingerprint density at radius 2 is 2.10 bits per heavy atom. The van der Waals surface area contributed by atoms with E-state index < -0.39 is 5.91 Å². The standard InChI is InChI=1S/C19H24BrN9O2/c1-3-8-28(9-4-2)12-15-16(23-27-29(15)18-17(21)25-31-26-18)19(30)24-22-11-13-6-5-7-14(20)10-13/h5-7,10-11H,3-4,8-9,12H2,1-2H3,(H2,21,25)(H,24,30)/p+1. The van der Waals surface area contributed by atoms with E-state index in [1.54, 1.807) is 6.21 Å². The summed E-state index contributed by atoms with van der Waals surface area (Å²) in [4.78, 5) is 14.1. The fourth-order valence-corrected chi connectivity index (χ4v) is 3.61. The van der Waals surface area contributed by atoms with Crippen LogP contribution in [0.2, 0.25) is 0 Å². The van der Waals surface area contributed by atoms with Gasteiger partial charge in [-0.2, -0.15) is 9.78 Å². The zero-order valence-electron chi connectivity index (χ0n) is 17.4. The minimum atomic E-state index is -0.477. The highest BCUT2D eigenvalue weighted by atomic mass is 79.9. The molecule has 12 heteroatoms. The van der Waals surface area contributed by atoms with E-state index in [0.29, 0.717) is 12.2 Å². The van der Waals surface area contributed by atoms with Crippen LogP contribution < -0.4 is 16.1 Å². The minimum absolute atomic E-state index is 0.0679. The van der Waals surface area contributed by atoms with Crippen LogP contribution in [0.3, 0.4) is 0 Å². The van der Waals surface area contributed by atoms with Crippen LogP contribution in [0, 0.1) is 0 Å². The van der Waals surface area contributed by atoms with Gasteiger partial charge in [-0.1, -0.05) is 47.1 Å². The zero-order valence-corrected chi connectivity index (χ0v) is 19.0. The number of benzene rings is 1. The third-order valence-electron chi connectivity index (χ3n) is 4.53. The van der Waals surface area contributed by atoms with Crippen LogP contribution in [0.4, 0.5) is 5.82 Å². The number of carbonyl (C=O) groups excluding carboxylic acids is 1. The van der Waals surface area contributed by atoms with Gasteiger partial charge in [0.25, 0.3) is 5.91 Å². The molecule has 0 spiro atoms. The molecule has 0 saturated carbocycles. The number of hydrazone groups is 1. The maximum atomic E-state index is 12.8. The lowest BCUT2D eigenvalue weighted by atomic mass is 10.2. The number of quaternary nitrogens is 1. The molecule has 0 fully saturated rings. The second-order valence-corrected chi connectivity index (χ2v) is 7.87. The van der Waals surface area contributed by atoms with Crippen molar-refractivity contribution in [3.05, 3.63) is 45.7 Å². The van der Waals surface area contributed by atoms with Crippen LogP contribution in [-0.2, 0) is 6.54 Å². The van der Waals surface area contributed by atoms with E-state index >= 15 is 0 Å². The van der Waals surface area contributed by atoms with Gasteiger partial charge in [0.2, 0.25) is 11.6 Å². The van der Waals surface area contributed by atoms with Crippen molar-refractivity contribution in [2.24, 2.45) is 5.10 Å². The summed E-state index contributed by atoms with van der Waals surface area (Å²) in [5.74, 6) is -0.209. The molecule has 11 nitrogen and oxygen atoms in total. The number of nitrogens with one attached hydrogen (secondary N) is 2. The number of amides is 1. The maximum Gasteiger partial charge on any atom is 0.294 e. The van der Waals surface area contributed by atoms with Gasteiger partial charge in [0.05, 0.1) is 19.3 Å². The van der Waals surface area contributed by atoms with Crippen LogP contribution in [0.1, 0.15) is 48.4 Å². The fraction of sp³-hybridized carbons (Fsp3) is 0.368. The lowest BCUT2D eigenvalue weighted by molar-refractivity contribution is -0.914. The second-order valence-electron chi connectivity index (χ2n) is 6.95. The van der Waals surface area contributed by atoms with Gasteiger partial charge >= 0.3 is 0 Å². The lowest BCUT2D eigenvalue weighted by Gasteiger charge is -2.18. The molecule has 0 radical (unpaired) electrons. The number of hydrogen-bond donors (Lipinski definition) is 3. The van der Waals surface area contributed by atoms with Crippen molar-refractivity contribution >= 4 is 33.9 Å². The van der Waals surface area contributed by atoms with Crippen molar-refractivity contribution in [2.75, 3.05) is 18.8 Å². The molecule has 164 valence electrons. The van der Waals surface area contributed by atoms with Crippen LogP contribution in [-0.4, -0.2) is 50.5 Å². The van der Waals surface area contributed by atoms with Gasteiger partial charge in [-0.15, -0.1) is 5.10 Å². The van der Waals surface area contributed by atoms with Gasteiger partial charge < -0.3 is 10.6 Å². The Balaban J connectivity index is 1.87. The number of hydrogen-bond acceptors (Lipinski definition) is 8. The molecule has 1 aromatic carbocycles. The molecule has 0 aliphatic rings. The Hall–Kier alpha value is -3.12. The molecule has 0 atom stereocenters. The van der Waals surface area contributed by atoms with Crippen LogP contribution in [0.25, 0.3) is 5.82 Å². The number of carbonyl (C=O) groups is 1. The van der Waals surface area contributed by atoms with E-state index in [1.165, 1.54) is 9.58 Å². The van der Waals surface area contributed by atoms with Crippen LogP contribution in [0.5, 0.6) is 0 Å². The Bertz CT molecular complexity index is 1040. The summed E-state index contributed by atoms with van der Waals surface area (Å²) in [7, 11) is 0. The number of aromatic nitrogens is 5. The highest BCUT2D eigenvalue weighted by Gasteiger charge is 2.26. The van der Waals surface area contributed by atoms with E-state index in [2.05, 4.69) is 60.9 Å². The normalized spacial score (nSPS) is 11.5. The van der Waals surface area contributed by atoms with Gasteiger partial charge in [-0.05, 0) is 40.9 Å². The van der Waals surface area contributed by atoms with Crippen molar-refractivity contribution < 1.29 is 14.3 Å². The maximum absolute atomic E-state index is 12.8. The molecular formula is C19H25BrN9O2+. The second kappa shape index (κ2) is 10.8. The zero-order chi connectivity index (χ0) is 22.2. The molecule has 3 rings (SSSR count). The molecule has 0 saturated heterocycles.